The number of carbonyl (C=O) groups is 1. The zero-order valence-electron chi connectivity index (χ0n) is 15.5. The molecular formula is C19H25N3O3S. The first-order valence-electron chi connectivity index (χ1n) is 8.25. The molecule has 0 heterocycles. The summed E-state index contributed by atoms with van der Waals surface area (Å²) in [5, 5.41) is 3.02. The lowest BCUT2D eigenvalue weighted by molar-refractivity contribution is 0.0930. The van der Waals surface area contributed by atoms with E-state index in [9.17, 15) is 13.2 Å². The summed E-state index contributed by atoms with van der Waals surface area (Å²) in [5.74, 6) is -0.241. The van der Waals surface area contributed by atoms with Gasteiger partial charge in [0.15, 0.2) is 0 Å². The lowest BCUT2D eigenvalue weighted by atomic mass is 10.1. The average Bonchev–Trinajstić information content (AvgIpc) is 2.61. The zero-order valence-corrected chi connectivity index (χ0v) is 16.3. The molecule has 1 amide bonds. The first-order valence-corrected chi connectivity index (χ1v) is 9.69. The Balaban J connectivity index is 2.19. The molecule has 0 aromatic heterocycles. The maximum atomic E-state index is 12.6. The lowest BCUT2D eigenvalue weighted by Crippen LogP contribution is -2.35. The molecule has 0 radical (unpaired) electrons. The summed E-state index contributed by atoms with van der Waals surface area (Å²) < 4.78 is 25.4. The fourth-order valence-electron chi connectivity index (χ4n) is 2.52. The Hall–Kier alpha value is -2.22. The van der Waals surface area contributed by atoms with Gasteiger partial charge in [-0.25, -0.2) is 12.7 Å². The third-order valence-electron chi connectivity index (χ3n) is 3.95. The minimum absolute atomic E-state index is 0.159. The van der Waals surface area contributed by atoms with E-state index in [2.05, 4.69) is 5.32 Å². The standard InChI is InChI=1S/C19H25N3O3S/c1-21(2)14-18(15-8-6-5-7-9-15)20-19(23)16-10-12-17(13-11-16)26(24,25)22(3)4/h5-13,18H,14H2,1-4H3,(H,20,23)/t18-/m0/s1. The number of sulfonamides is 1. The molecule has 0 aliphatic carbocycles. The fraction of sp³-hybridized carbons (Fsp3) is 0.316. The van der Waals surface area contributed by atoms with Crippen molar-refractivity contribution in [2.24, 2.45) is 0 Å². The molecule has 0 spiro atoms. The van der Waals surface area contributed by atoms with Crippen LogP contribution in [0.25, 0.3) is 0 Å². The van der Waals surface area contributed by atoms with Crippen LogP contribution in [0.2, 0.25) is 0 Å². The predicted molar refractivity (Wildman–Crippen MR) is 103 cm³/mol. The van der Waals surface area contributed by atoms with Gasteiger partial charge in [-0.05, 0) is 43.9 Å². The number of nitrogens with zero attached hydrogens (tertiary/aromatic N) is 2. The van der Waals surface area contributed by atoms with E-state index < -0.39 is 10.0 Å². The summed E-state index contributed by atoms with van der Waals surface area (Å²) in [7, 11) is 3.34. The lowest BCUT2D eigenvalue weighted by Gasteiger charge is -2.23. The van der Waals surface area contributed by atoms with E-state index in [0.717, 1.165) is 9.87 Å². The quantitative estimate of drug-likeness (QED) is 0.803. The second-order valence-electron chi connectivity index (χ2n) is 6.51. The molecule has 0 bridgehead atoms. The number of rotatable bonds is 7. The molecule has 0 unspecified atom stereocenters. The Kier molecular flexibility index (Phi) is 6.52. The SMILES string of the molecule is CN(C)C[C@H](NC(=O)c1ccc(S(=O)(=O)N(C)C)cc1)c1ccccc1. The molecular weight excluding hydrogens is 350 g/mol. The maximum Gasteiger partial charge on any atom is 0.251 e. The average molecular weight is 375 g/mol. The van der Waals surface area contributed by atoms with Crippen LogP contribution in [0.4, 0.5) is 0 Å². The molecule has 1 atom stereocenters. The number of likely N-dealkylation sites (N-methyl/N-ethyl adjacent to an activating group) is 1. The van der Waals surface area contributed by atoms with Crippen LogP contribution in [-0.2, 0) is 10.0 Å². The minimum Gasteiger partial charge on any atom is -0.344 e. The summed E-state index contributed by atoms with van der Waals surface area (Å²) >= 11 is 0. The first-order chi connectivity index (χ1) is 12.2. The largest absolute Gasteiger partial charge is 0.344 e. The molecule has 26 heavy (non-hydrogen) atoms. The van der Waals surface area contributed by atoms with Crippen molar-refractivity contribution in [2.75, 3.05) is 34.7 Å². The van der Waals surface area contributed by atoms with Crippen LogP contribution in [0.1, 0.15) is 22.0 Å². The van der Waals surface area contributed by atoms with Crippen LogP contribution in [0, 0.1) is 0 Å². The van der Waals surface area contributed by atoms with E-state index in [1.807, 2.05) is 49.3 Å². The first kappa shape index (κ1) is 20.1. The van der Waals surface area contributed by atoms with Crippen LogP contribution < -0.4 is 5.32 Å². The minimum atomic E-state index is -3.51. The molecule has 0 fully saturated rings. The highest BCUT2D eigenvalue weighted by Gasteiger charge is 2.19. The van der Waals surface area contributed by atoms with Crippen molar-refractivity contribution in [3.05, 3.63) is 65.7 Å². The van der Waals surface area contributed by atoms with Gasteiger partial charge in [-0.2, -0.15) is 0 Å². The second-order valence-corrected chi connectivity index (χ2v) is 8.66. The molecule has 2 aromatic carbocycles. The highest BCUT2D eigenvalue weighted by molar-refractivity contribution is 7.89. The second kappa shape index (κ2) is 8.44. The highest BCUT2D eigenvalue weighted by atomic mass is 32.2. The van der Waals surface area contributed by atoms with E-state index >= 15 is 0 Å². The van der Waals surface area contributed by atoms with Gasteiger partial charge in [0.1, 0.15) is 0 Å². The van der Waals surface area contributed by atoms with E-state index in [1.165, 1.54) is 38.4 Å². The van der Waals surface area contributed by atoms with E-state index in [-0.39, 0.29) is 16.8 Å². The summed E-state index contributed by atoms with van der Waals surface area (Å²) in [5.41, 5.74) is 1.43. The number of carbonyl (C=O) groups excluding carboxylic acids is 1. The van der Waals surface area contributed by atoms with Crippen molar-refractivity contribution < 1.29 is 13.2 Å². The van der Waals surface area contributed by atoms with Gasteiger partial charge in [0, 0.05) is 26.2 Å². The van der Waals surface area contributed by atoms with Crippen LogP contribution in [0.3, 0.4) is 0 Å². The molecule has 2 aromatic rings. The van der Waals surface area contributed by atoms with Gasteiger partial charge in [0.05, 0.1) is 10.9 Å². The summed E-state index contributed by atoms with van der Waals surface area (Å²) in [6.07, 6.45) is 0. The van der Waals surface area contributed by atoms with Gasteiger partial charge in [-0.15, -0.1) is 0 Å². The van der Waals surface area contributed by atoms with Gasteiger partial charge < -0.3 is 10.2 Å². The van der Waals surface area contributed by atoms with Crippen LogP contribution in [0.5, 0.6) is 0 Å². The van der Waals surface area contributed by atoms with Gasteiger partial charge in [0.2, 0.25) is 10.0 Å². The molecule has 7 heteroatoms. The molecule has 6 nitrogen and oxygen atoms in total. The Morgan fingerprint density at radius 2 is 1.54 bits per heavy atom. The van der Waals surface area contributed by atoms with Crippen LogP contribution in [0.15, 0.2) is 59.5 Å². The Labute approximate surface area is 155 Å². The van der Waals surface area contributed by atoms with Gasteiger partial charge >= 0.3 is 0 Å². The third-order valence-corrected chi connectivity index (χ3v) is 5.78. The Morgan fingerprint density at radius 1 is 0.962 bits per heavy atom. The monoisotopic (exact) mass is 375 g/mol. The van der Waals surface area contributed by atoms with Crippen molar-refractivity contribution >= 4 is 15.9 Å². The summed E-state index contributed by atoms with van der Waals surface area (Å²) in [6, 6.07) is 15.6. The molecule has 0 saturated heterocycles. The molecule has 0 saturated carbocycles. The van der Waals surface area contributed by atoms with Gasteiger partial charge in [-0.1, -0.05) is 30.3 Å². The van der Waals surface area contributed by atoms with Gasteiger partial charge in [-0.3, -0.25) is 4.79 Å². The van der Waals surface area contributed by atoms with Gasteiger partial charge in [0.25, 0.3) is 5.91 Å². The Morgan fingerprint density at radius 3 is 2.04 bits per heavy atom. The fourth-order valence-corrected chi connectivity index (χ4v) is 3.42. The maximum absolute atomic E-state index is 12.6. The predicted octanol–water partition coefficient (Wildman–Crippen LogP) is 1.97. The number of hydrogen-bond acceptors (Lipinski definition) is 4. The van der Waals surface area contributed by atoms with Crippen LogP contribution in [-0.4, -0.2) is 58.3 Å². The molecule has 140 valence electrons. The van der Waals surface area contributed by atoms with Crippen LogP contribution >= 0.6 is 0 Å². The van der Waals surface area contributed by atoms with E-state index in [1.54, 1.807) is 0 Å². The smallest absolute Gasteiger partial charge is 0.251 e. The van der Waals surface area contributed by atoms with Crippen molar-refractivity contribution in [3.63, 3.8) is 0 Å². The number of benzene rings is 2. The number of hydrogen-bond donors (Lipinski definition) is 1. The number of nitrogens with one attached hydrogen (secondary N) is 1. The molecule has 2 rings (SSSR count). The zero-order chi connectivity index (χ0) is 19.3. The van der Waals surface area contributed by atoms with E-state index in [4.69, 9.17) is 0 Å². The summed E-state index contributed by atoms with van der Waals surface area (Å²) in [6.45, 7) is 0.656. The molecule has 1 N–H and O–H groups in total. The van der Waals surface area contributed by atoms with Crippen molar-refractivity contribution in [2.45, 2.75) is 10.9 Å². The van der Waals surface area contributed by atoms with E-state index in [0.29, 0.717) is 12.1 Å². The summed E-state index contributed by atoms with van der Waals surface area (Å²) in [4.78, 5) is 14.8. The molecule has 0 aliphatic heterocycles. The van der Waals surface area contributed by atoms with Crippen molar-refractivity contribution in [1.29, 1.82) is 0 Å². The number of amides is 1. The van der Waals surface area contributed by atoms with Crippen molar-refractivity contribution in [3.8, 4) is 0 Å². The third kappa shape index (κ3) is 4.91. The highest BCUT2D eigenvalue weighted by Crippen LogP contribution is 2.17. The normalized spacial score (nSPS) is 13.0. The van der Waals surface area contributed by atoms with Crippen molar-refractivity contribution in [1.82, 2.24) is 14.5 Å². The topological polar surface area (TPSA) is 69.7 Å². The Bertz CT molecular complexity index is 832. The molecule has 0 aliphatic rings.